The molecule has 0 atom stereocenters. The van der Waals surface area contributed by atoms with Gasteiger partial charge in [0.15, 0.2) is 0 Å². The smallest absolute Gasteiger partial charge is 0.337 e. The summed E-state index contributed by atoms with van der Waals surface area (Å²) in [4.78, 5) is 19.0. The highest BCUT2D eigenvalue weighted by molar-refractivity contribution is 5.91. The van der Waals surface area contributed by atoms with E-state index in [9.17, 15) is 9.18 Å². The number of methoxy groups -OCH3 is 1. The summed E-state index contributed by atoms with van der Waals surface area (Å²) in [5.74, 6) is 0.137. The molecule has 1 heterocycles. The summed E-state index contributed by atoms with van der Waals surface area (Å²) in [6.45, 7) is 0. The fourth-order valence-corrected chi connectivity index (χ4v) is 2.55. The monoisotopic (exact) mass is 336 g/mol. The first-order valence-corrected chi connectivity index (χ1v) is 7.79. The van der Waals surface area contributed by atoms with Crippen LogP contribution in [-0.2, 0) is 11.2 Å². The normalized spacial score (nSPS) is 11.4. The third kappa shape index (κ3) is 4.20. The Morgan fingerprint density at radius 2 is 2.00 bits per heavy atom. The van der Waals surface area contributed by atoms with E-state index in [1.807, 2.05) is 12.1 Å². The van der Waals surface area contributed by atoms with Crippen LogP contribution in [0.3, 0.4) is 0 Å². The van der Waals surface area contributed by atoms with Crippen molar-refractivity contribution in [3.8, 4) is 0 Å². The summed E-state index contributed by atoms with van der Waals surface area (Å²) < 4.78 is 18.0. The molecule has 0 unspecified atom stereocenters. The van der Waals surface area contributed by atoms with E-state index < -0.39 is 0 Å². The number of H-pyrrole nitrogens is 1. The highest BCUT2D eigenvalue weighted by Gasteiger charge is 2.08. The van der Waals surface area contributed by atoms with E-state index in [1.165, 1.54) is 19.2 Å². The second-order valence-corrected chi connectivity index (χ2v) is 5.51. The van der Waals surface area contributed by atoms with Gasteiger partial charge in [-0.25, -0.2) is 14.2 Å². The minimum absolute atomic E-state index is 0.284. The number of rotatable bonds is 5. The van der Waals surface area contributed by atoms with Crippen molar-refractivity contribution >= 4 is 17.6 Å². The van der Waals surface area contributed by atoms with Crippen LogP contribution >= 0.6 is 0 Å². The molecule has 0 radical (unpaired) electrons. The zero-order chi connectivity index (χ0) is 17.6. The van der Waals surface area contributed by atoms with Gasteiger partial charge in [-0.2, -0.15) is 0 Å². The number of halogens is 1. The fraction of sp³-hybridized carbons (Fsp3) is 0.100. The van der Waals surface area contributed by atoms with Crippen molar-refractivity contribution in [3.63, 3.8) is 0 Å². The van der Waals surface area contributed by atoms with E-state index in [2.05, 4.69) is 9.97 Å². The van der Waals surface area contributed by atoms with E-state index in [0.29, 0.717) is 12.0 Å². The maximum absolute atomic E-state index is 13.2. The van der Waals surface area contributed by atoms with Crippen molar-refractivity contribution in [2.45, 2.75) is 6.42 Å². The topological polar surface area (TPSA) is 55.0 Å². The van der Waals surface area contributed by atoms with Gasteiger partial charge in [-0.05, 0) is 41.0 Å². The van der Waals surface area contributed by atoms with Crippen LogP contribution in [0, 0.1) is 5.82 Å². The number of benzene rings is 2. The first kappa shape index (κ1) is 16.6. The van der Waals surface area contributed by atoms with Gasteiger partial charge < -0.3 is 9.72 Å². The van der Waals surface area contributed by atoms with Gasteiger partial charge in [0.2, 0.25) is 0 Å². The van der Waals surface area contributed by atoms with Crippen LogP contribution in [0.1, 0.15) is 27.3 Å². The molecule has 1 aromatic heterocycles. The molecule has 5 heteroatoms. The van der Waals surface area contributed by atoms with Crippen molar-refractivity contribution in [3.05, 3.63) is 89.3 Å². The molecule has 0 amide bonds. The average Bonchev–Trinajstić information content (AvgIpc) is 3.14. The molecule has 0 fully saturated rings. The Kier molecular flexibility index (Phi) is 5.04. The summed E-state index contributed by atoms with van der Waals surface area (Å²) in [5, 5.41) is 0. The molecule has 126 valence electrons. The maximum atomic E-state index is 13.2. The van der Waals surface area contributed by atoms with Crippen molar-refractivity contribution in [2.24, 2.45) is 0 Å². The van der Waals surface area contributed by atoms with Crippen LogP contribution in [0.25, 0.3) is 11.6 Å². The molecule has 0 aliphatic rings. The van der Waals surface area contributed by atoms with E-state index >= 15 is 0 Å². The van der Waals surface area contributed by atoms with Gasteiger partial charge in [0.1, 0.15) is 11.6 Å². The zero-order valence-electron chi connectivity index (χ0n) is 13.7. The first-order chi connectivity index (χ1) is 12.2. The fourth-order valence-electron chi connectivity index (χ4n) is 2.55. The first-order valence-electron chi connectivity index (χ1n) is 7.79. The highest BCUT2D eigenvalue weighted by Crippen LogP contribution is 2.22. The Labute approximate surface area is 145 Å². The Hall–Kier alpha value is -3.21. The van der Waals surface area contributed by atoms with Gasteiger partial charge in [0, 0.05) is 18.8 Å². The van der Waals surface area contributed by atoms with E-state index in [-0.39, 0.29) is 11.8 Å². The predicted octanol–water partition coefficient (Wildman–Crippen LogP) is 4.12. The number of ether oxygens (including phenoxy) is 1. The molecule has 1 N–H and O–H groups in total. The SMILES string of the molecule is COC(=O)c1cccc(C=C(Cc2ncc[nH]2)c2ccc(F)cc2)c1. The number of nitrogens with zero attached hydrogens (tertiary/aromatic N) is 1. The van der Waals surface area contributed by atoms with Crippen LogP contribution in [0.4, 0.5) is 4.39 Å². The molecule has 0 saturated carbocycles. The molecule has 3 rings (SSSR count). The number of carbonyl (C=O) groups excluding carboxylic acids is 1. The Morgan fingerprint density at radius 3 is 2.68 bits per heavy atom. The van der Waals surface area contributed by atoms with Crippen molar-refractivity contribution in [1.29, 1.82) is 0 Å². The molecule has 0 bridgehead atoms. The number of esters is 1. The molecule has 25 heavy (non-hydrogen) atoms. The molecule has 0 aliphatic carbocycles. The summed E-state index contributed by atoms with van der Waals surface area (Å²) >= 11 is 0. The van der Waals surface area contributed by atoms with Gasteiger partial charge >= 0.3 is 5.97 Å². The Bertz CT molecular complexity index is 884. The standard InChI is InChI=1S/C20H17FN2O2/c1-25-20(24)16-4-2-3-14(11-16)12-17(13-19-22-9-10-23-19)15-5-7-18(21)8-6-15/h2-12H,13H2,1H3,(H,22,23). The molecule has 0 aliphatic heterocycles. The molecule has 3 aromatic rings. The van der Waals surface area contributed by atoms with Gasteiger partial charge in [-0.15, -0.1) is 0 Å². The number of carbonyl (C=O) groups is 1. The lowest BCUT2D eigenvalue weighted by molar-refractivity contribution is 0.0600. The lowest BCUT2D eigenvalue weighted by Crippen LogP contribution is -2.01. The number of aromatic nitrogens is 2. The largest absolute Gasteiger partial charge is 0.465 e. The summed E-state index contributed by atoms with van der Waals surface area (Å²) in [6.07, 6.45) is 5.97. The summed E-state index contributed by atoms with van der Waals surface area (Å²) in [6, 6.07) is 13.5. The minimum Gasteiger partial charge on any atom is -0.465 e. The molecule has 0 spiro atoms. The van der Waals surface area contributed by atoms with E-state index in [4.69, 9.17) is 4.74 Å². The molecular weight excluding hydrogens is 319 g/mol. The van der Waals surface area contributed by atoms with Crippen LogP contribution in [0.5, 0.6) is 0 Å². The van der Waals surface area contributed by atoms with Gasteiger partial charge in [0.05, 0.1) is 12.7 Å². The zero-order valence-corrected chi connectivity index (χ0v) is 13.7. The molecular formula is C20H17FN2O2. The molecule has 4 nitrogen and oxygen atoms in total. The van der Waals surface area contributed by atoms with Crippen LogP contribution < -0.4 is 0 Å². The highest BCUT2D eigenvalue weighted by atomic mass is 19.1. The van der Waals surface area contributed by atoms with Crippen molar-refractivity contribution in [1.82, 2.24) is 9.97 Å². The number of imidazole rings is 1. The number of hydrogen-bond acceptors (Lipinski definition) is 3. The second-order valence-electron chi connectivity index (χ2n) is 5.51. The van der Waals surface area contributed by atoms with Gasteiger partial charge in [-0.1, -0.05) is 30.3 Å². The third-order valence-electron chi connectivity index (χ3n) is 3.78. The average molecular weight is 336 g/mol. The Morgan fingerprint density at radius 1 is 1.20 bits per heavy atom. The van der Waals surface area contributed by atoms with E-state index in [0.717, 1.165) is 22.5 Å². The number of nitrogens with one attached hydrogen (secondary N) is 1. The minimum atomic E-state index is -0.385. The third-order valence-corrected chi connectivity index (χ3v) is 3.78. The van der Waals surface area contributed by atoms with Crippen molar-refractivity contribution < 1.29 is 13.9 Å². The summed E-state index contributed by atoms with van der Waals surface area (Å²) in [5.41, 5.74) is 3.18. The molecule has 0 saturated heterocycles. The predicted molar refractivity (Wildman–Crippen MR) is 94.3 cm³/mol. The Balaban J connectivity index is 1.99. The summed E-state index contributed by atoms with van der Waals surface area (Å²) in [7, 11) is 1.35. The number of hydrogen-bond donors (Lipinski definition) is 1. The van der Waals surface area contributed by atoms with Crippen LogP contribution in [-0.4, -0.2) is 23.0 Å². The second kappa shape index (κ2) is 7.57. The van der Waals surface area contributed by atoms with E-state index in [1.54, 1.807) is 42.7 Å². The number of allylic oxidation sites excluding steroid dienone is 1. The van der Waals surface area contributed by atoms with Gasteiger partial charge in [0.25, 0.3) is 0 Å². The van der Waals surface area contributed by atoms with Crippen LogP contribution in [0.15, 0.2) is 60.9 Å². The van der Waals surface area contributed by atoms with Crippen molar-refractivity contribution in [2.75, 3.05) is 7.11 Å². The van der Waals surface area contributed by atoms with Crippen LogP contribution in [0.2, 0.25) is 0 Å². The lowest BCUT2D eigenvalue weighted by Gasteiger charge is -2.08. The number of aromatic amines is 1. The quantitative estimate of drug-likeness (QED) is 0.563. The maximum Gasteiger partial charge on any atom is 0.337 e. The lowest BCUT2D eigenvalue weighted by atomic mass is 9.99. The van der Waals surface area contributed by atoms with Gasteiger partial charge in [-0.3, -0.25) is 0 Å². The molecule has 2 aromatic carbocycles.